The number of carbonyl (C=O) groups is 1. The van der Waals surface area contributed by atoms with Crippen LogP contribution in [-0.4, -0.2) is 41.9 Å². The first-order valence-corrected chi connectivity index (χ1v) is 5.14. The van der Waals surface area contributed by atoms with Crippen LogP contribution in [0.25, 0.3) is 0 Å². The number of rotatable bonds is 2. The van der Waals surface area contributed by atoms with Gasteiger partial charge in [-0.3, -0.25) is 4.79 Å². The Labute approximate surface area is 83.2 Å². The highest BCUT2D eigenvalue weighted by Gasteiger charge is 2.53. The van der Waals surface area contributed by atoms with E-state index in [0.29, 0.717) is 32.5 Å². The number of fused-ring (bicyclic) bond motifs is 1. The fourth-order valence-corrected chi connectivity index (χ4v) is 2.35. The second kappa shape index (κ2) is 3.61. The summed E-state index contributed by atoms with van der Waals surface area (Å²) in [7, 11) is 0. The van der Waals surface area contributed by atoms with Gasteiger partial charge in [0.05, 0.1) is 18.8 Å². The largest absolute Gasteiger partial charge is 0.384 e. The van der Waals surface area contributed by atoms with E-state index < -0.39 is 5.60 Å². The average molecular weight is 200 g/mol. The number of aliphatic hydroxyl groups is 1. The molecular formula is C10H16O4. The Morgan fingerprint density at radius 1 is 1.64 bits per heavy atom. The van der Waals surface area contributed by atoms with Crippen LogP contribution in [-0.2, 0) is 14.3 Å². The minimum absolute atomic E-state index is 0.125. The van der Waals surface area contributed by atoms with E-state index in [9.17, 15) is 9.90 Å². The summed E-state index contributed by atoms with van der Waals surface area (Å²) in [5.41, 5.74) is -0.927. The molecule has 0 spiro atoms. The smallest absolute Gasteiger partial charge is 0.138 e. The molecule has 0 amide bonds. The van der Waals surface area contributed by atoms with Gasteiger partial charge in [-0.15, -0.1) is 0 Å². The third-order valence-corrected chi connectivity index (χ3v) is 3.13. The predicted octanol–water partition coefficient (Wildman–Crippen LogP) is 0.274. The lowest BCUT2D eigenvalue weighted by Crippen LogP contribution is -2.55. The Balaban J connectivity index is 2.16. The van der Waals surface area contributed by atoms with Crippen molar-refractivity contribution < 1.29 is 19.4 Å². The normalized spacial score (nSPS) is 42.6. The standard InChI is InChI=1S/C10H16O4/c1-2-13-8-5-7(11)6-9-10(8,12)3-4-14-9/h8-9,12H,2-6H2,1H3/t8-,9+,10+/m1/s1. The van der Waals surface area contributed by atoms with Crippen molar-refractivity contribution in [3.05, 3.63) is 0 Å². The highest BCUT2D eigenvalue weighted by atomic mass is 16.5. The van der Waals surface area contributed by atoms with E-state index in [1.54, 1.807) is 0 Å². The quantitative estimate of drug-likeness (QED) is 0.695. The first-order valence-electron chi connectivity index (χ1n) is 5.14. The zero-order valence-corrected chi connectivity index (χ0v) is 8.36. The predicted molar refractivity (Wildman–Crippen MR) is 49.0 cm³/mol. The molecule has 0 radical (unpaired) electrons. The lowest BCUT2D eigenvalue weighted by atomic mass is 9.78. The first-order chi connectivity index (χ1) is 6.66. The Kier molecular flexibility index (Phi) is 2.60. The maximum absolute atomic E-state index is 11.4. The maximum Gasteiger partial charge on any atom is 0.138 e. The fourth-order valence-electron chi connectivity index (χ4n) is 2.35. The number of hydrogen-bond acceptors (Lipinski definition) is 4. The van der Waals surface area contributed by atoms with Crippen molar-refractivity contribution in [2.45, 2.75) is 44.0 Å². The van der Waals surface area contributed by atoms with E-state index in [1.165, 1.54) is 0 Å². The maximum atomic E-state index is 11.4. The molecule has 1 saturated heterocycles. The molecule has 3 atom stereocenters. The van der Waals surface area contributed by atoms with Crippen LogP contribution in [0.1, 0.15) is 26.2 Å². The molecule has 1 aliphatic carbocycles. The van der Waals surface area contributed by atoms with Crippen molar-refractivity contribution in [2.75, 3.05) is 13.2 Å². The summed E-state index contributed by atoms with van der Waals surface area (Å²) in [5.74, 6) is 0.125. The number of Topliss-reactive ketones (excluding diaryl/α,β-unsaturated/α-hetero) is 1. The molecule has 1 heterocycles. The number of carbonyl (C=O) groups excluding carboxylic acids is 1. The van der Waals surface area contributed by atoms with Crippen molar-refractivity contribution in [3.8, 4) is 0 Å². The lowest BCUT2D eigenvalue weighted by Gasteiger charge is -2.39. The number of ether oxygens (including phenoxy) is 2. The minimum Gasteiger partial charge on any atom is -0.384 e. The molecule has 80 valence electrons. The number of hydrogen-bond donors (Lipinski definition) is 1. The van der Waals surface area contributed by atoms with Gasteiger partial charge in [0.15, 0.2) is 0 Å². The summed E-state index contributed by atoms with van der Waals surface area (Å²) in [6.45, 7) is 2.91. The van der Waals surface area contributed by atoms with Gasteiger partial charge in [0.1, 0.15) is 11.4 Å². The van der Waals surface area contributed by atoms with E-state index in [-0.39, 0.29) is 18.0 Å². The Bertz CT molecular complexity index is 240. The lowest BCUT2D eigenvalue weighted by molar-refractivity contribution is -0.168. The van der Waals surface area contributed by atoms with E-state index >= 15 is 0 Å². The average Bonchev–Trinajstić information content (AvgIpc) is 2.49. The second-order valence-corrected chi connectivity index (χ2v) is 3.99. The molecule has 0 aromatic carbocycles. The third-order valence-electron chi connectivity index (χ3n) is 3.13. The van der Waals surface area contributed by atoms with Crippen LogP contribution >= 0.6 is 0 Å². The number of ketones is 1. The molecule has 2 fully saturated rings. The molecular weight excluding hydrogens is 184 g/mol. The highest BCUT2D eigenvalue weighted by molar-refractivity contribution is 5.81. The molecule has 0 aromatic heterocycles. The summed E-state index contributed by atoms with van der Waals surface area (Å²) in [6, 6.07) is 0. The second-order valence-electron chi connectivity index (χ2n) is 3.99. The highest BCUT2D eigenvalue weighted by Crippen LogP contribution is 2.38. The van der Waals surface area contributed by atoms with E-state index in [0.717, 1.165) is 0 Å². The van der Waals surface area contributed by atoms with Crippen LogP contribution in [0.4, 0.5) is 0 Å². The van der Waals surface area contributed by atoms with Crippen LogP contribution in [0.5, 0.6) is 0 Å². The van der Waals surface area contributed by atoms with Crippen molar-refractivity contribution in [1.82, 2.24) is 0 Å². The molecule has 0 unspecified atom stereocenters. The van der Waals surface area contributed by atoms with E-state index in [1.807, 2.05) is 6.92 Å². The molecule has 1 N–H and O–H groups in total. The first kappa shape index (κ1) is 10.1. The molecule has 0 bridgehead atoms. The summed E-state index contributed by atoms with van der Waals surface area (Å²) < 4.78 is 10.8. The van der Waals surface area contributed by atoms with Gasteiger partial charge in [0.2, 0.25) is 0 Å². The summed E-state index contributed by atoms with van der Waals surface area (Å²) in [4.78, 5) is 11.4. The van der Waals surface area contributed by atoms with Gasteiger partial charge < -0.3 is 14.6 Å². The molecule has 4 nitrogen and oxygen atoms in total. The molecule has 14 heavy (non-hydrogen) atoms. The Hall–Kier alpha value is -0.450. The Morgan fingerprint density at radius 3 is 3.14 bits per heavy atom. The topological polar surface area (TPSA) is 55.8 Å². The van der Waals surface area contributed by atoms with E-state index in [4.69, 9.17) is 9.47 Å². The zero-order valence-electron chi connectivity index (χ0n) is 8.36. The van der Waals surface area contributed by atoms with Crippen molar-refractivity contribution >= 4 is 5.78 Å². The van der Waals surface area contributed by atoms with Gasteiger partial charge in [-0.25, -0.2) is 0 Å². The van der Waals surface area contributed by atoms with Gasteiger partial charge >= 0.3 is 0 Å². The van der Waals surface area contributed by atoms with Crippen LogP contribution in [0, 0.1) is 0 Å². The van der Waals surface area contributed by atoms with E-state index in [2.05, 4.69) is 0 Å². The summed E-state index contributed by atoms with van der Waals surface area (Å²) in [6.07, 6.45) is 0.515. The van der Waals surface area contributed by atoms with Crippen molar-refractivity contribution in [2.24, 2.45) is 0 Å². The van der Waals surface area contributed by atoms with Gasteiger partial charge in [0, 0.05) is 25.9 Å². The zero-order chi connectivity index (χ0) is 10.2. The van der Waals surface area contributed by atoms with Gasteiger partial charge in [0.25, 0.3) is 0 Å². The Morgan fingerprint density at radius 2 is 2.43 bits per heavy atom. The van der Waals surface area contributed by atoms with Crippen molar-refractivity contribution in [1.29, 1.82) is 0 Å². The molecule has 0 aromatic rings. The molecule has 2 rings (SSSR count). The minimum atomic E-state index is -0.927. The fraction of sp³-hybridized carbons (Fsp3) is 0.900. The monoisotopic (exact) mass is 200 g/mol. The molecule has 1 saturated carbocycles. The molecule has 4 heteroatoms. The molecule has 2 aliphatic rings. The third kappa shape index (κ3) is 1.47. The van der Waals surface area contributed by atoms with Gasteiger partial charge in [-0.1, -0.05) is 0 Å². The van der Waals surface area contributed by atoms with Crippen LogP contribution in [0.15, 0.2) is 0 Å². The van der Waals surface area contributed by atoms with Gasteiger partial charge in [-0.05, 0) is 6.92 Å². The van der Waals surface area contributed by atoms with Crippen LogP contribution in [0.2, 0.25) is 0 Å². The van der Waals surface area contributed by atoms with Gasteiger partial charge in [-0.2, -0.15) is 0 Å². The van der Waals surface area contributed by atoms with Crippen LogP contribution < -0.4 is 0 Å². The summed E-state index contributed by atoms with van der Waals surface area (Å²) in [5, 5.41) is 10.3. The van der Waals surface area contributed by atoms with Crippen LogP contribution in [0.3, 0.4) is 0 Å². The summed E-state index contributed by atoms with van der Waals surface area (Å²) >= 11 is 0. The molecule has 1 aliphatic heterocycles. The van der Waals surface area contributed by atoms with Crippen molar-refractivity contribution in [3.63, 3.8) is 0 Å². The SMILES string of the molecule is CCO[C@@H]1CC(=O)C[C@@H]2OCC[C@@]21O.